The van der Waals surface area contributed by atoms with E-state index in [9.17, 15) is 5.11 Å². The van der Waals surface area contributed by atoms with Crippen LogP contribution in [0, 0.1) is 0 Å². The molecule has 0 aliphatic carbocycles. The van der Waals surface area contributed by atoms with E-state index in [2.05, 4.69) is 20.1 Å². The van der Waals surface area contributed by atoms with Crippen LogP contribution in [-0.2, 0) is 4.74 Å². The molecule has 2 aromatic rings. The van der Waals surface area contributed by atoms with Gasteiger partial charge in [0.25, 0.3) is 0 Å². The second-order valence-electron chi connectivity index (χ2n) is 5.02. The van der Waals surface area contributed by atoms with Crippen molar-refractivity contribution in [2.75, 3.05) is 26.3 Å². The van der Waals surface area contributed by atoms with Crippen LogP contribution < -0.4 is 0 Å². The predicted molar refractivity (Wildman–Crippen MR) is 77.9 cm³/mol. The minimum atomic E-state index is -0.578. The maximum absolute atomic E-state index is 10.4. The third-order valence-electron chi connectivity index (χ3n) is 3.65. The molecule has 1 aromatic carbocycles. The molecule has 2 heterocycles. The van der Waals surface area contributed by atoms with Gasteiger partial charge in [0.05, 0.1) is 25.4 Å². The van der Waals surface area contributed by atoms with Crippen LogP contribution in [0.1, 0.15) is 23.5 Å². The average Bonchev–Trinajstić information content (AvgIpc) is 3.02. The van der Waals surface area contributed by atoms with E-state index in [-0.39, 0.29) is 6.04 Å². The number of aromatic amines is 1. The summed E-state index contributed by atoms with van der Waals surface area (Å²) < 4.78 is 5.51. The van der Waals surface area contributed by atoms with E-state index in [0.717, 1.165) is 17.9 Å². The Bertz CT molecular complexity index is 561. The number of ether oxygens (including phenoxy) is 1. The van der Waals surface area contributed by atoms with Gasteiger partial charge in [0.2, 0.25) is 0 Å². The van der Waals surface area contributed by atoms with Gasteiger partial charge < -0.3 is 9.84 Å². The molecule has 1 saturated heterocycles. The molecule has 0 radical (unpaired) electrons. The SMILES string of the molecule is O[C@@H](CN1CCOCC1c1ncn[nH]1)c1ccc(Cl)cc1. The fraction of sp³-hybridized carbons (Fsp3) is 0.429. The highest BCUT2D eigenvalue weighted by Gasteiger charge is 2.28. The van der Waals surface area contributed by atoms with Crippen molar-refractivity contribution in [2.24, 2.45) is 0 Å². The normalized spacial score (nSPS) is 21.3. The number of rotatable bonds is 4. The molecule has 0 bridgehead atoms. The molecule has 1 aliphatic rings. The van der Waals surface area contributed by atoms with Crippen LogP contribution in [0.4, 0.5) is 0 Å². The van der Waals surface area contributed by atoms with E-state index in [1.807, 2.05) is 12.1 Å². The van der Waals surface area contributed by atoms with Crippen molar-refractivity contribution < 1.29 is 9.84 Å². The molecular weight excluding hydrogens is 292 g/mol. The molecule has 1 aliphatic heterocycles. The molecule has 0 saturated carbocycles. The number of halogens is 1. The molecule has 1 unspecified atom stereocenters. The zero-order chi connectivity index (χ0) is 14.7. The first-order chi connectivity index (χ1) is 10.2. The van der Waals surface area contributed by atoms with Gasteiger partial charge in [-0.25, -0.2) is 4.98 Å². The summed E-state index contributed by atoms with van der Waals surface area (Å²) in [7, 11) is 0. The highest BCUT2D eigenvalue weighted by Crippen LogP contribution is 2.25. The number of hydrogen-bond acceptors (Lipinski definition) is 5. The number of aromatic nitrogens is 3. The molecule has 7 heteroatoms. The van der Waals surface area contributed by atoms with Crippen molar-refractivity contribution in [3.05, 3.63) is 47.0 Å². The predicted octanol–water partition coefficient (Wildman–Crippen LogP) is 1.56. The van der Waals surface area contributed by atoms with E-state index in [1.54, 1.807) is 12.1 Å². The van der Waals surface area contributed by atoms with Gasteiger partial charge in [0.1, 0.15) is 12.2 Å². The molecule has 21 heavy (non-hydrogen) atoms. The van der Waals surface area contributed by atoms with Crippen LogP contribution in [-0.4, -0.2) is 51.5 Å². The Balaban J connectivity index is 1.71. The highest BCUT2D eigenvalue weighted by molar-refractivity contribution is 6.30. The number of H-pyrrole nitrogens is 1. The minimum absolute atomic E-state index is 0.0109. The fourth-order valence-electron chi connectivity index (χ4n) is 2.50. The van der Waals surface area contributed by atoms with Crippen molar-refractivity contribution in [3.63, 3.8) is 0 Å². The van der Waals surface area contributed by atoms with Crippen molar-refractivity contribution in [2.45, 2.75) is 12.1 Å². The van der Waals surface area contributed by atoms with Crippen molar-refractivity contribution in [1.82, 2.24) is 20.1 Å². The Kier molecular flexibility index (Phi) is 4.50. The molecule has 3 rings (SSSR count). The van der Waals surface area contributed by atoms with Crippen molar-refractivity contribution in [1.29, 1.82) is 0 Å². The van der Waals surface area contributed by atoms with Gasteiger partial charge in [-0.3, -0.25) is 10.00 Å². The third kappa shape index (κ3) is 3.41. The van der Waals surface area contributed by atoms with E-state index in [0.29, 0.717) is 24.8 Å². The minimum Gasteiger partial charge on any atom is -0.387 e. The first kappa shape index (κ1) is 14.5. The van der Waals surface area contributed by atoms with Gasteiger partial charge in [-0.1, -0.05) is 23.7 Å². The Hall–Kier alpha value is -1.47. The average molecular weight is 309 g/mol. The number of morpholine rings is 1. The number of benzene rings is 1. The van der Waals surface area contributed by atoms with Gasteiger partial charge in [-0.15, -0.1) is 0 Å². The van der Waals surface area contributed by atoms with E-state index in [1.165, 1.54) is 6.33 Å². The van der Waals surface area contributed by atoms with Crippen LogP contribution in [0.25, 0.3) is 0 Å². The first-order valence-corrected chi connectivity index (χ1v) is 7.22. The summed E-state index contributed by atoms with van der Waals surface area (Å²) >= 11 is 5.87. The van der Waals surface area contributed by atoms with Crippen LogP contribution in [0.15, 0.2) is 30.6 Å². The van der Waals surface area contributed by atoms with E-state index < -0.39 is 6.10 Å². The quantitative estimate of drug-likeness (QED) is 0.897. The summed E-state index contributed by atoms with van der Waals surface area (Å²) in [5.74, 6) is 0.762. The molecule has 6 nitrogen and oxygen atoms in total. The number of hydrogen-bond donors (Lipinski definition) is 2. The number of β-amino-alcohol motifs (C(OH)–C–C–N with tert-alkyl or cyclic N) is 1. The molecule has 1 aromatic heterocycles. The Labute approximate surface area is 127 Å². The number of aliphatic hydroxyl groups is 1. The standard InChI is InChI=1S/C14H17ClN4O2/c15-11-3-1-10(2-4-11)13(20)7-19-5-6-21-8-12(19)14-16-9-17-18-14/h1-4,9,12-13,20H,5-8H2,(H,16,17,18)/t12?,13-/m0/s1. The van der Waals surface area contributed by atoms with Crippen LogP contribution in [0.3, 0.4) is 0 Å². The number of aliphatic hydroxyl groups excluding tert-OH is 1. The number of nitrogens with one attached hydrogen (secondary N) is 1. The Morgan fingerprint density at radius 1 is 1.43 bits per heavy atom. The van der Waals surface area contributed by atoms with Crippen LogP contribution in [0.5, 0.6) is 0 Å². The summed E-state index contributed by atoms with van der Waals surface area (Å²) in [5, 5.41) is 17.8. The van der Waals surface area contributed by atoms with Crippen molar-refractivity contribution >= 4 is 11.6 Å². The van der Waals surface area contributed by atoms with Crippen LogP contribution >= 0.6 is 11.6 Å². The van der Waals surface area contributed by atoms with Gasteiger partial charge in [0.15, 0.2) is 0 Å². The molecule has 0 amide bonds. The maximum Gasteiger partial charge on any atom is 0.143 e. The summed E-state index contributed by atoms with van der Waals surface area (Å²) in [6.07, 6.45) is 0.906. The maximum atomic E-state index is 10.4. The molecule has 0 spiro atoms. The van der Waals surface area contributed by atoms with Gasteiger partial charge in [-0.2, -0.15) is 5.10 Å². The zero-order valence-corrected chi connectivity index (χ0v) is 12.2. The topological polar surface area (TPSA) is 74.3 Å². The molecular formula is C14H17ClN4O2. The van der Waals surface area contributed by atoms with E-state index >= 15 is 0 Å². The second kappa shape index (κ2) is 6.53. The summed E-state index contributed by atoms with van der Waals surface area (Å²) in [4.78, 5) is 6.35. The summed E-state index contributed by atoms with van der Waals surface area (Å²) in [6, 6.07) is 7.25. The van der Waals surface area contributed by atoms with Gasteiger partial charge in [0, 0.05) is 18.1 Å². The van der Waals surface area contributed by atoms with Gasteiger partial charge >= 0.3 is 0 Å². The molecule has 1 fully saturated rings. The lowest BCUT2D eigenvalue weighted by atomic mass is 10.1. The molecule has 2 N–H and O–H groups in total. The first-order valence-electron chi connectivity index (χ1n) is 6.84. The monoisotopic (exact) mass is 308 g/mol. The van der Waals surface area contributed by atoms with Crippen molar-refractivity contribution in [3.8, 4) is 0 Å². The third-order valence-corrected chi connectivity index (χ3v) is 3.90. The summed E-state index contributed by atoms with van der Waals surface area (Å²) in [6.45, 7) is 2.45. The highest BCUT2D eigenvalue weighted by atomic mass is 35.5. The smallest absolute Gasteiger partial charge is 0.143 e. The lowest BCUT2D eigenvalue weighted by Gasteiger charge is -2.35. The molecule has 112 valence electrons. The zero-order valence-electron chi connectivity index (χ0n) is 11.4. The Morgan fingerprint density at radius 3 is 2.95 bits per heavy atom. The largest absolute Gasteiger partial charge is 0.387 e. The second-order valence-corrected chi connectivity index (χ2v) is 5.46. The lowest BCUT2D eigenvalue weighted by molar-refractivity contribution is -0.0306. The Morgan fingerprint density at radius 2 is 2.24 bits per heavy atom. The fourth-order valence-corrected chi connectivity index (χ4v) is 2.62. The lowest BCUT2D eigenvalue weighted by Crippen LogP contribution is -2.42. The number of nitrogens with zero attached hydrogens (tertiary/aromatic N) is 3. The van der Waals surface area contributed by atoms with Gasteiger partial charge in [-0.05, 0) is 17.7 Å². The summed E-state index contributed by atoms with van der Waals surface area (Å²) in [5.41, 5.74) is 0.849. The van der Waals surface area contributed by atoms with E-state index in [4.69, 9.17) is 16.3 Å². The van der Waals surface area contributed by atoms with Crippen LogP contribution in [0.2, 0.25) is 5.02 Å². The molecule has 2 atom stereocenters.